The van der Waals surface area contributed by atoms with E-state index in [9.17, 15) is 18.4 Å². The van der Waals surface area contributed by atoms with Gasteiger partial charge >= 0.3 is 0 Å². The Morgan fingerprint density at radius 2 is 1.75 bits per heavy atom. The minimum absolute atomic E-state index is 0.0597. The van der Waals surface area contributed by atoms with Gasteiger partial charge in [0.05, 0.1) is 24.2 Å². The van der Waals surface area contributed by atoms with E-state index in [0.717, 1.165) is 43.6 Å². The van der Waals surface area contributed by atoms with E-state index in [2.05, 4.69) is 25.9 Å². The zero-order chi connectivity index (χ0) is 25.2. The van der Waals surface area contributed by atoms with Crippen molar-refractivity contribution < 1.29 is 18.4 Å². The molecule has 0 saturated carbocycles. The molecule has 8 nitrogen and oxygen atoms in total. The molecule has 10 heteroatoms. The molecule has 186 valence electrons. The second-order valence-corrected chi connectivity index (χ2v) is 8.98. The minimum Gasteiger partial charge on any atom is -0.346 e. The van der Waals surface area contributed by atoms with Crippen molar-refractivity contribution in [1.82, 2.24) is 25.5 Å². The standard InChI is InChI=1S/C26H26F2N6O2/c1-34(17-9-11-29-12-10-17)21(35)13-15-5-7-16(8-6-15)31-25-23-20(14-30-26(23)36)32-24(33-25)22-18(27)3-2-4-19(22)28/h2-8,17,29H,9-14H2,1H3,(H,30,36)(H,31,32,33). The first kappa shape index (κ1) is 23.8. The van der Waals surface area contributed by atoms with Crippen LogP contribution in [-0.4, -0.2) is 52.9 Å². The van der Waals surface area contributed by atoms with E-state index in [4.69, 9.17) is 0 Å². The van der Waals surface area contributed by atoms with Crippen LogP contribution in [-0.2, 0) is 17.8 Å². The van der Waals surface area contributed by atoms with Crippen LogP contribution >= 0.6 is 0 Å². The summed E-state index contributed by atoms with van der Waals surface area (Å²) in [6.45, 7) is 1.97. The first-order valence-electron chi connectivity index (χ1n) is 11.9. The van der Waals surface area contributed by atoms with Gasteiger partial charge in [-0.1, -0.05) is 18.2 Å². The molecule has 0 unspecified atom stereocenters. The molecule has 2 aromatic carbocycles. The Balaban J connectivity index is 1.36. The molecular weight excluding hydrogens is 466 g/mol. The molecular formula is C26H26F2N6O2. The van der Waals surface area contributed by atoms with Crippen molar-refractivity contribution in [3.63, 3.8) is 0 Å². The first-order valence-corrected chi connectivity index (χ1v) is 11.9. The Hall–Kier alpha value is -3.92. The Morgan fingerprint density at radius 3 is 2.44 bits per heavy atom. The number of aromatic nitrogens is 2. The van der Waals surface area contributed by atoms with Gasteiger partial charge in [0, 0.05) is 18.8 Å². The molecule has 1 fully saturated rings. The van der Waals surface area contributed by atoms with Gasteiger partial charge in [-0.25, -0.2) is 18.7 Å². The number of likely N-dealkylation sites (N-methyl/N-ethyl adjacent to an activating group) is 1. The number of piperidine rings is 1. The van der Waals surface area contributed by atoms with Gasteiger partial charge in [0.15, 0.2) is 5.82 Å². The van der Waals surface area contributed by atoms with Crippen molar-refractivity contribution in [1.29, 1.82) is 0 Å². The third-order valence-electron chi connectivity index (χ3n) is 6.64. The van der Waals surface area contributed by atoms with Crippen LogP contribution in [0.25, 0.3) is 11.4 Å². The largest absolute Gasteiger partial charge is 0.346 e. The van der Waals surface area contributed by atoms with Gasteiger partial charge in [0.2, 0.25) is 5.91 Å². The van der Waals surface area contributed by atoms with Crippen molar-refractivity contribution in [2.75, 3.05) is 25.5 Å². The highest BCUT2D eigenvalue weighted by molar-refractivity contribution is 6.03. The molecule has 0 aliphatic carbocycles. The fourth-order valence-corrected chi connectivity index (χ4v) is 4.58. The molecule has 3 aromatic rings. The van der Waals surface area contributed by atoms with Crippen LogP contribution in [0, 0.1) is 11.6 Å². The van der Waals surface area contributed by atoms with Crippen LogP contribution in [0.2, 0.25) is 0 Å². The summed E-state index contributed by atoms with van der Waals surface area (Å²) in [6, 6.07) is 11.0. The van der Waals surface area contributed by atoms with Crippen LogP contribution in [0.4, 0.5) is 20.3 Å². The van der Waals surface area contributed by atoms with E-state index in [1.165, 1.54) is 6.07 Å². The highest BCUT2D eigenvalue weighted by atomic mass is 19.1. The predicted molar refractivity (Wildman–Crippen MR) is 131 cm³/mol. The molecule has 0 spiro atoms. The average molecular weight is 493 g/mol. The zero-order valence-electron chi connectivity index (χ0n) is 19.8. The smallest absolute Gasteiger partial charge is 0.257 e. The quantitative estimate of drug-likeness (QED) is 0.489. The summed E-state index contributed by atoms with van der Waals surface area (Å²) in [6.07, 6.45) is 2.17. The fraction of sp³-hybridized carbons (Fsp3) is 0.308. The monoisotopic (exact) mass is 492 g/mol. The molecule has 2 aliphatic heterocycles. The number of carbonyl (C=O) groups excluding carboxylic acids is 2. The zero-order valence-corrected chi connectivity index (χ0v) is 19.8. The molecule has 5 rings (SSSR count). The number of anilines is 2. The maximum Gasteiger partial charge on any atom is 0.257 e. The lowest BCUT2D eigenvalue weighted by Gasteiger charge is -2.31. The third-order valence-corrected chi connectivity index (χ3v) is 6.64. The highest BCUT2D eigenvalue weighted by Crippen LogP contribution is 2.30. The van der Waals surface area contributed by atoms with Crippen molar-refractivity contribution in [2.45, 2.75) is 31.8 Å². The highest BCUT2D eigenvalue weighted by Gasteiger charge is 2.28. The summed E-state index contributed by atoms with van der Waals surface area (Å²) in [5, 5.41) is 9.06. The Bertz CT molecular complexity index is 1290. The molecule has 3 heterocycles. The summed E-state index contributed by atoms with van der Waals surface area (Å²) in [5.41, 5.74) is 1.70. The van der Waals surface area contributed by atoms with E-state index in [1.54, 1.807) is 12.1 Å². The van der Waals surface area contributed by atoms with Crippen LogP contribution in [0.1, 0.15) is 34.5 Å². The second kappa shape index (κ2) is 9.98. The molecule has 2 aliphatic rings. The van der Waals surface area contributed by atoms with Crippen LogP contribution in [0.3, 0.4) is 0 Å². The number of nitrogens with zero attached hydrogens (tertiary/aromatic N) is 3. The number of halogens is 2. The van der Waals surface area contributed by atoms with Crippen molar-refractivity contribution in [3.8, 4) is 11.4 Å². The second-order valence-electron chi connectivity index (χ2n) is 8.98. The van der Waals surface area contributed by atoms with Gasteiger partial charge in [-0.05, 0) is 55.8 Å². The molecule has 0 radical (unpaired) electrons. The lowest BCUT2D eigenvalue weighted by atomic mass is 10.0. The Kier molecular flexibility index (Phi) is 6.60. The number of amides is 2. The fourth-order valence-electron chi connectivity index (χ4n) is 4.58. The van der Waals surface area contributed by atoms with Crippen molar-refractivity contribution in [3.05, 3.63) is 70.9 Å². The lowest BCUT2D eigenvalue weighted by Crippen LogP contribution is -2.44. The predicted octanol–water partition coefficient (Wildman–Crippen LogP) is 3.16. The molecule has 3 N–H and O–H groups in total. The number of hydrogen-bond donors (Lipinski definition) is 3. The molecule has 0 bridgehead atoms. The number of fused-ring (bicyclic) bond motifs is 1. The number of rotatable bonds is 6. The molecule has 1 aromatic heterocycles. The summed E-state index contributed by atoms with van der Waals surface area (Å²) in [5.74, 6) is -1.88. The van der Waals surface area contributed by atoms with E-state index in [0.29, 0.717) is 11.4 Å². The van der Waals surface area contributed by atoms with Gasteiger partial charge in [0.1, 0.15) is 23.0 Å². The summed E-state index contributed by atoms with van der Waals surface area (Å²) in [7, 11) is 1.85. The van der Waals surface area contributed by atoms with Crippen molar-refractivity contribution in [2.24, 2.45) is 0 Å². The van der Waals surface area contributed by atoms with E-state index in [-0.39, 0.29) is 53.6 Å². The molecule has 36 heavy (non-hydrogen) atoms. The third kappa shape index (κ3) is 4.76. The maximum absolute atomic E-state index is 14.4. The van der Waals surface area contributed by atoms with Gasteiger partial charge in [-0.15, -0.1) is 0 Å². The molecule has 1 saturated heterocycles. The van der Waals surface area contributed by atoms with Crippen molar-refractivity contribution >= 4 is 23.3 Å². The summed E-state index contributed by atoms with van der Waals surface area (Å²) >= 11 is 0. The normalized spacial score (nSPS) is 15.4. The number of benzene rings is 2. The van der Waals surface area contributed by atoms with Gasteiger partial charge in [0.25, 0.3) is 5.91 Å². The van der Waals surface area contributed by atoms with Gasteiger partial charge < -0.3 is 20.9 Å². The average Bonchev–Trinajstić information content (AvgIpc) is 3.26. The van der Waals surface area contributed by atoms with Crippen LogP contribution in [0.15, 0.2) is 42.5 Å². The number of nitrogens with one attached hydrogen (secondary N) is 3. The van der Waals surface area contributed by atoms with E-state index < -0.39 is 11.6 Å². The maximum atomic E-state index is 14.4. The van der Waals surface area contributed by atoms with E-state index in [1.807, 2.05) is 24.1 Å². The number of carbonyl (C=O) groups is 2. The Labute approximate surface area is 207 Å². The lowest BCUT2D eigenvalue weighted by molar-refractivity contribution is -0.131. The Morgan fingerprint density at radius 1 is 1.06 bits per heavy atom. The SMILES string of the molecule is CN(C(=O)Cc1ccc(Nc2nc(-c3c(F)cccc3F)nc3c2C(=O)NC3)cc1)C1CCNCC1. The first-order chi connectivity index (χ1) is 17.4. The number of hydrogen-bond acceptors (Lipinski definition) is 6. The summed E-state index contributed by atoms with van der Waals surface area (Å²) < 4.78 is 28.8. The van der Waals surface area contributed by atoms with Crippen LogP contribution in [0.5, 0.6) is 0 Å². The summed E-state index contributed by atoms with van der Waals surface area (Å²) in [4.78, 5) is 35.5. The van der Waals surface area contributed by atoms with Gasteiger partial charge in [-0.2, -0.15) is 0 Å². The topological polar surface area (TPSA) is 99.2 Å². The molecule has 0 atom stereocenters. The van der Waals surface area contributed by atoms with Gasteiger partial charge in [-0.3, -0.25) is 9.59 Å². The minimum atomic E-state index is -0.790. The van der Waals surface area contributed by atoms with E-state index >= 15 is 0 Å². The van der Waals surface area contributed by atoms with Crippen LogP contribution < -0.4 is 16.0 Å². The molecule has 2 amide bonds.